The van der Waals surface area contributed by atoms with Crippen molar-refractivity contribution in [3.05, 3.63) is 28.6 Å². The molecule has 3 rings (SSSR count). The second kappa shape index (κ2) is 6.28. The molecule has 5 heteroatoms. The van der Waals surface area contributed by atoms with Crippen LogP contribution in [0.1, 0.15) is 43.1 Å². The molecule has 112 valence electrons. The van der Waals surface area contributed by atoms with Gasteiger partial charge in [0, 0.05) is 18.5 Å². The van der Waals surface area contributed by atoms with E-state index in [4.69, 9.17) is 0 Å². The van der Waals surface area contributed by atoms with E-state index < -0.39 is 0 Å². The van der Waals surface area contributed by atoms with Crippen LogP contribution in [0.3, 0.4) is 0 Å². The van der Waals surface area contributed by atoms with Gasteiger partial charge in [0.15, 0.2) is 0 Å². The fourth-order valence-electron chi connectivity index (χ4n) is 3.09. The Labute approximate surface area is 133 Å². The zero-order chi connectivity index (χ0) is 14.8. The third-order valence-corrected chi connectivity index (χ3v) is 6.22. The number of carbonyl (C=O) groups is 1. The van der Waals surface area contributed by atoms with E-state index in [-0.39, 0.29) is 5.91 Å². The van der Waals surface area contributed by atoms with Gasteiger partial charge in [0.2, 0.25) is 0 Å². The van der Waals surface area contributed by atoms with Crippen molar-refractivity contribution in [2.75, 3.05) is 7.05 Å². The zero-order valence-electron chi connectivity index (χ0n) is 12.4. The molecule has 0 aliphatic heterocycles. The highest BCUT2D eigenvalue weighted by Crippen LogP contribution is 2.30. The molecule has 0 N–H and O–H groups in total. The molecular weight excluding hydrogens is 300 g/mol. The number of hydrogen-bond donors (Lipinski definition) is 0. The van der Waals surface area contributed by atoms with Gasteiger partial charge in [0.1, 0.15) is 10.7 Å². The number of nitrogens with zero attached hydrogens (tertiary/aromatic N) is 2. The normalized spacial score (nSPS) is 22.2. The average molecular weight is 320 g/mol. The van der Waals surface area contributed by atoms with Crippen molar-refractivity contribution < 1.29 is 4.79 Å². The van der Waals surface area contributed by atoms with Crippen molar-refractivity contribution in [3.63, 3.8) is 0 Å². The van der Waals surface area contributed by atoms with Gasteiger partial charge in [0.25, 0.3) is 5.91 Å². The van der Waals surface area contributed by atoms with Crippen LogP contribution in [-0.2, 0) is 0 Å². The summed E-state index contributed by atoms with van der Waals surface area (Å²) in [6, 6.07) is 4.42. The minimum atomic E-state index is 0.0628. The van der Waals surface area contributed by atoms with Gasteiger partial charge in [-0.25, -0.2) is 4.98 Å². The Morgan fingerprint density at radius 2 is 2.14 bits per heavy atom. The van der Waals surface area contributed by atoms with Gasteiger partial charge >= 0.3 is 0 Å². The first-order valence-corrected chi connectivity index (χ1v) is 9.19. The minimum absolute atomic E-state index is 0.0628. The Hall–Kier alpha value is -1.20. The minimum Gasteiger partial charge on any atom is -0.337 e. The molecule has 3 nitrogen and oxygen atoms in total. The van der Waals surface area contributed by atoms with E-state index in [9.17, 15) is 4.79 Å². The first-order chi connectivity index (χ1) is 10.2. The maximum absolute atomic E-state index is 12.6. The fourth-order valence-corrected chi connectivity index (χ4v) is 4.70. The zero-order valence-corrected chi connectivity index (χ0v) is 14.0. The van der Waals surface area contributed by atoms with Crippen molar-refractivity contribution in [2.45, 2.75) is 38.6 Å². The van der Waals surface area contributed by atoms with Crippen LogP contribution < -0.4 is 0 Å². The van der Waals surface area contributed by atoms with E-state index in [1.54, 1.807) is 22.7 Å². The second-order valence-electron chi connectivity index (χ2n) is 5.76. The highest BCUT2D eigenvalue weighted by Gasteiger charge is 2.29. The number of rotatable bonds is 3. The summed E-state index contributed by atoms with van der Waals surface area (Å²) in [5, 5.41) is 4.87. The lowest BCUT2D eigenvalue weighted by Gasteiger charge is -2.35. The molecule has 1 aliphatic rings. The van der Waals surface area contributed by atoms with Crippen LogP contribution in [0.5, 0.6) is 0 Å². The van der Waals surface area contributed by atoms with Crippen LogP contribution in [0.25, 0.3) is 9.88 Å². The predicted octanol–water partition coefficient (Wildman–Crippen LogP) is 4.52. The quantitative estimate of drug-likeness (QED) is 0.833. The summed E-state index contributed by atoms with van der Waals surface area (Å²) in [6.45, 7) is 2.26. The van der Waals surface area contributed by atoms with Gasteiger partial charge in [-0.3, -0.25) is 4.79 Å². The van der Waals surface area contributed by atoms with Crippen LogP contribution in [-0.4, -0.2) is 28.9 Å². The number of thiazole rings is 1. The average Bonchev–Trinajstić information content (AvgIpc) is 3.17. The van der Waals surface area contributed by atoms with Crippen molar-refractivity contribution in [1.82, 2.24) is 9.88 Å². The standard InChI is InChI=1S/C16H20N2OS2/c1-11-6-3-4-7-13(11)18(2)16(19)12-10-21-15(17-12)14-8-5-9-20-14/h5,8-11,13H,3-4,6-7H2,1-2H3. The lowest BCUT2D eigenvalue weighted by Crippen LogP contribution is -2.42. The van der Waals surface area contributed by atoms with Crippen molar-refractivity contribution >= 4 is 28.6 Å². The lowest BCUT2D eigenvalue weighted by molar-refractivity contribution is 0.0624. The number of aromatic nitrogens is 1. The summed E-state index contributed by atoms with van der Waals surface area (Å²) in [6.07, 6.45) is 4.86. The Bertz CT molecular complexity index is 606. The number of amides is 1. The first kappa shape index (κ1) is 14.7. The predicted molar refractivity (Wildman–Crippen MR) is 88.9 cm³/mol. The third-order valence-electron chi connectivity index (χ3n) is 4.34. The van der Waals surface area contributed by atoms with Gasteiger partial charge in [-0.2, -0.15) is 0 Å². The summed E-state index contributed by atoms with van der Waals surface area (Å²) in [7, 11) is 1.93. The Morgan fingerprint density at radius 1 is 1.33 bits per heavy atom. The maximum atomic E-state index is 12.6. The monoisotopic (exact) mass is 320 g/mol. The molecule has 0 bridgehead atoms. The smallest absolute Gasteiger partial charge is 0.273 e. The molecule has 0 aromatic carbocycles. The van der Waals surface area contributed by atoms with Gasteiger partial charge in [-0.05, 0) is 30.2 Å². The first-order valence-electron chi connectivity index (χ1n) is 7.43. The van der Waals surface area contributed by atoms with Gasteiger partial charge < -0.3 is 4.90 Å². The SMILES string of the molecule is CC1CCCCC1N(C)C(=O)c1csc(-c2cccs2)n1. The van der Waals surface area contributed by atoms with E-state index in [0.717, 1.165) is 16.3 Å². The molecule has 2 atom stereocenters. The number of hydrogen-bond acceptors (Lipinski definition) is 4. The topological polar surface area (TPSA) is 33.2 Å². The summed E-state index contributed by atoms with van der Waals surface area (Å²) < 4.78 is 0. The van der Waals surface area contributed by atoms with Crippen LogP contribution in [0.4, 0.5) is 0 Å². The Balaban J connectivity index is 1.75. The van der Waals surface area contributed by atoms with Gasteiger partial charge in [-0.15, -0.1) is 22.7 Å². The molecule has 2 aromatic heterocycles. The molecule has 0 radical (unpaired) electrons. The van der Waals surface area contributed by atoms with Gasteiger partial charge in [-0.1, -0.05) is 25.8 Å². The van der Waals surface area contributed by atoms with Crippen molar-refractivity contribution in [3.8, 4) is 9.88 Å². The van der Waals surface area contributed by atoms with Crippen LogP contribution >= 0.6 is 22.7 Å². The molecule has 1 saturated carbocycles. The summed E-state index contributed by atoms with van der Waals surface area (Å²) in [4.78, 5) is 20.2. The van der Waals surface area contributed by atoms with Crippen molar-refractivity contribution in [1.29, 1.82) is 0 Å². The molecule has 0 spiro atoms. The van der Waals surface area contributed by atoms with Crippen molar-refractivity contribution in [2.24, 2.45) is 5.92 Å². The molecule has 1 aliphatic carbocycles. The number of carbonyl (C=O) groups excluding carboxylic acids is 1. The molecule has 2 aromatic rings. The maximum Gasteiger partial charge on any atom is 0.273 e. The second-order valence-corrected chi connectivity index (χ2v) is 7.57. The number of thiophene rings is 1. The molecule has 1 fully saturated rings. The highest BCUT2D eigenvalue weighted by molar-refractivity contribution is 7.20. The van der Waals surface area contributed by atoms with E-state index in [1.165, 1.54) is 19.3 Å². The molecule has 1 amide bonds. The largest absolute Gasteiger partial charge is 0.337 e. The van der Waals surface area contributed by atoms with E-state index in [2.05, 4.69) is 11.9 Å². The lowest BCUT2D eigenvalue weighted by atomic mass is 9.85. The molecular formula is C16H20N2OS2. The molecule has 21 heavy (non-hydrogen) atoms. The Morgan fingerprint density at radius 3 is 2.86 bits per heavy atom. The third kappa shape index (κ3) is 3.04. The summed E-state index contributed by atoms with van der Waals surface area (Å²) in [5.41, 5.74) is 0.587. The molecule has 2 unspecified atom stereocenters. The summed E-state index contributed by atoms with van der Waals surface area (Å²) in [5.74, 6) is 0.649. The van der Waals surface area contributed by atoms with Gasteiger partial charge in [0.05, 0.1) is 4.88 Å². The molecule has 2 heterocycles. The van der Waals surface area contributed by atoms with Crippen LogP contribution in [0, 0.1) is 5.92 Å². The fraction of sp³-hybridized carbons (Fsp3) is 0.500. The summed E-state index contributed by atoms with van der Waals surface area (Å²) >= 11 is 3.21. The van der Waals surface area contributed by atoms with E-state index >= 15 is 0 Å². The van der Waals surface area contributed by atoms with E-state index in [1.807, 2.05) is 34.8 Å². The van der Waals surface area contributed by atoms with E-state index in [0.29, 0.717) is 17.7 Å². The highest BCUT2D eigenvalue weighted by atomic mass is 32.1. The van der Waals surface area contributed by atoms with Crippen LogP contribution in [0.15, 0.2) is 22.9 Å². The Kier molecular flexibility index (Phi) is 4.40. The van der Waals surface area contributed by atoms with Crippen LogP contribution in [0.2, 0.25) is 0 Å². The molecule has 0 saturated heterocycles.